The average molecular weight is 201 g/mol. The first-order valence-corrected chi connectivity index (χ1v) is 4.32. The van der Waals surface area contributed by atoms with Gasteiger partial charge < -0.3 is 5.11 Å². The van der Waals surface area contributed by atoms with Crippen LogP contribution in [0, 0.1) is 10.1 Å². The molecule has 0 bridgehead atoms. The highest BCUT2D eigenvalue weighted by Gasteiger charge is 2.14. The number of phenolic OH excluding ortho intramolecular Hbond substituents is 1. The molecule has 1 rings (SSSR count). The molecule has 0 amide bonds. The molecule has 7 heteroatoms. The van der Waals surface area contributed by atoms with Crippen LogP contribution in [0.5, 0.6) is 5.75 Å². The Hall–Kier alpha value is -1.68. The van der Waals surface area contributed by atoms with E-state index in [0.717, 1.165) is 18.2 Å². The fourth-order valence-corrected chi connectivity index (χ4v) is 1.20. The van der Waals surface area contributed by atoms with Gasteiger partial charge in [0, 0.05) is 6.07 Å². The van der Waals surface area contributed by atoms with Crippen molar-refractivity contribution in [3.63, 3.8) is 0 Å². The van der Waals surface area contributed by atoms with Gasteiger partial charge in [0.05, 0.1) is 10.2 Å². The summed E-state index contributed by atoms with van der Waals surface area (Å²) in [4.78, 5) is 9.40. The molecular formula is C6H4NO5P. The molecule has 0 aromatic heterocycles. The monoisotopic (exact) mass is 201 g/mol. The lowest BCUT2D eigenvalue weighted by atomic mass is 10.3. The molecule has 1 aromatic rings. The van der Waals surface area contributed by atoms with E-state index in [-0.39, 0.29) is 5.30 Å². The van der Waals surface area contributed by atoms with Crippen LogP contribution in [0.15, 0.2) is 18.2 Å². The Kier molecular flexibility index (Phi) is 2.44. The highest BCUT2D eigenvalue weighted by molar-refractivity contribution is 7.40. The van der Waals surface area contributed by atoms with Gasteiger partial charge in [0.15, 0.2) is 5.75 Å². The van der Waals surface area contributed by atoms with Crippen molar-refractivity contribution in [2.75, 3.05) is 0 Å². The van der Waals surface area contributed by atoms with Gasteiger partial charge in [-0.1, -0.05) is 0 Å². The van der Waals surface area contributed by atoms with Crippen molar-refractivity contribution < 1.29 is 19.2 Å². The first kappa shape index (κ1) is 9.41. The van der Waals surface area contributed by atoms with Crippen molar-refractivity contribution >= 4 is 18.7 Å². The maximum absolute atomic E-state index is 10.4. The van der Waals surface area contributed by atoms with E-state index in [1.165, 1.54) is 0 Å². The third-order valence-electron chi connectivity index (χ3n) is 1.37. The van der Waals surface area contributed by atoms with Gasteiger partial charge in [-0.05, 0) is 12.1 Å². The third kappa shape index (κ3) is 1.91. The van der Waals surface area contributed by atoms with Gasteiger partial charge in [-0.15, -0.1) is 0 Å². The minimum atomic E-state index is -2.86. The molecule has 0 aliphatic rings. The SMILES string of the molecule is O=[N+]([O-])c1cc(P(=O)=O)ccc1O. The number of nitro groups is 1. The first-order chi connectivity index (χ1) is 6.02. The predicted octanol–water partition coefficient (Wildman–Crippen LogP) is 1.10. The van der Waals surface area contributed by atoms with Crippen molar-refractivity contribution in [1.29, 1.82) is 0 Å². The van der Waals surface area contributed by atoms with Crippen molar-refractivity contribution in [3.05, 3.63) is 28.3 Å². The number of benzene rings is 1. The van der Waals surface area contributed by atoms with Crippen molar-refractivity contribution in [2.24, 2.45) is 0 Å². The summed E-state index contributed by atoms with van der Waals surface area (Å²) in [5.74, 6) is -0.550. The molecule has 68 valence electrons. The summed E-state index contributed by atoms with van der Waals surface area (Å²) < 4.78 is 20.8. The Labute approximate surface area is 72.8 Å². The van der Waals surface area contributed by atoms with E-state index in [4.69, 9.17) is 5.11 Å². The van der Waals surface area contributed by atoms with Crippen LogP contribution in [-0.2, 0) is 9.13 Å². The van der Waals surface area contributed by atoms with Crippen LogP contribution < -0.4 is 5.30 Å². The standard InChI is InChI=1S/C6H4NO5P/c8-6-2-1-4(13(11)12)3-5(6)7(9)10/h1-3,8H. The average Bonchev–Trinajstić information content (AvgIpc) is 2.04. The number of nitro benzene ring substituents is 1. The highest BCUT2D eigenvalue weighted by Crippen LogP contribution is 2.24. The summed E-state index contributed by atoms with van der Waals surface area (Å²) in [6.07, 6.45) is 0. The Bertz CT molecular complexity index is 417. The zero-order valence-corrected chi connectivity index (χ0v) is 7.10. The fourth-order valence-electron chi connectivity index (χ4n) is 0.772. The van der Waals surface area contributed by atoms with E-state index < -0.39 is 24.0 Å². The molecule has 0 aliphatic carbocycles. The number of rotatable bonds is 2. The summed E-state index contributed by atoms with van der Waals surface area (Å²) in [7, 11) is -2.86. The van der Waals surface area contributed by atoms with Crippen molar-refractivity contribution in [2.45, 2.75) is 0 Å². The van der Waals surface area contributed by atoms with E-state index >= 15 is 0 Å². The molecule has 0 saturated carbocycles. The van der Waals surface area contributed by atoms with Crippen LogP contribution >= 0.6 is 7.68 Å². The van der Waals surface area contributed by atoms with Gasteiger partial charge in [-0.25, -0.2) is 9.13 Å². The van der Waals surface area contributed by atoms with Gasteiger partial charge in [0.1, 0.15) is 0 Å². The largest absolute Gasteiger partial charge is 0.502 e. The van der Waals surface area contributed by atoms with Gasteiger partial charge in [0.25, 0.3) is 0 Å². The van der Waals surface area contributed by atoms with Crippen LogP contribution in [-0.4, -0.2) is 10.0 Å². The van der Waals surface area contributed by atoms with Crippen LogP contribution in [0.25, 0.3) is 0 Å². The smallest absolute Gasteiger partial charge is 0.348 e. The lowest BCUT2D eigenvalue weighted by Crippen LogP contribution is -1.96. The molecule has 6 nitrogen and oxygen atoms in total. The molecule has 0 atom stereocenters. The maximum Gasteiger partial charge on any atom is 0.348 e. The van der Waals surface area contributed by atoms with E-state index in [2.05, 4.69) is 0 Å². The van der Waals surface area contributed by atoms with Gasteiger partial charge in [0.2, 0.25) is 0 Å². The first-order valence-electron chi connectivity index (χ1n) is 3.14. The van der Waals surface area contributed by atoms with E-state index in [9.17, 15) is 19.2 Å². The van der Waals surface area contributed by atoms with Crippen LogP contribution in [0.1, 0.15) is 0 Å². The number of hydrogen-bond donors (Lipinski definition) is 1. The molecule has 1 aromatic carbocycles. The van der Waals surface area contributed by atoms with Crippen LogP contribution in [0.2, 0.25) is 0 Å². The number of nitrogens with zero attached hydrogens (tertiary/aromatic N) is 1. The molecule has 0 unspecified atom stereocenters. The summed E-state index contributed by atoms with van der Waals surface area (Å²) in [6.45, 7) is 0. The zero-order valence-electron chi connectivity index (χ0n) is 6.21. The topological polar surface area (TPSA) is 97.5 Å². The van der Waals surface area contributed by atoms with Gasteiger partial charge in [-0.3, -0.25) is 10.1 Å². The number of phenols is 1. The molecule has 0 aliphatic heterocycles. The summed E-state index contributed by atoms with van der Waals surface area (Å²) >= 11 is 0. The zero-order chi connectivity index (χ0) is 10.0. The Morgan fingerprint density at radius 1 is 1.38 bits per heavy atom. The van der Waals surface area contributed by atoms with E-state index in [1.54, 1.807) is 0 Å². The van der Waals surface area contributed by atoms with E-state index in [1.807, 2.05) is 0 Å². The Morgan fingerprint density at radius 3 is 2.46 bits per heavy atom. The molecular weight excluding hydrogens is 197 g/mol. The molecule has 0 spiro atoms. The van der Waals surface area contributed by atoms with Crippen molar-refractivity contribution in [3.8, 4) is 5.75 Å². The van der Waals surface area contributed by atoms with Crippen LogP contribution in [0.3, 0.4) is 0 Å². The Morgan fingerprint density at radius 2 is 2.00 bits per heavy atom. The second-order valence-electron chi connectivity index (χ2n) is 2.19. The van der Waals surface area contributed by atoms with Gasteiger partial charge >= 0.3 is 13.4 Å². The summed E-state index contributed by atoms with van der Waals surface area (Å²) in [5, 5.41) is 19.0. The summed E-state index contributed by atoms with van der Waals surface area (Å²) in [6, 6.07) is 2.87. The second kappa shape index (κ2) is 3.37. The lowest BCUT2D eigenvalue weighted by Gasteiger charge is -1.94. The molecule has 0 saturated heterocycles. The lowest BCUT2D eigenvalue weighted by molar-refractivity contribution is -0.385. The third-order valence-corrected chi connectivity index (χ3v) is 2.07. The molecule has 0 heterocycles. The number of aromatic hydroxyl groups is 1. The van der Waals surface area contributed by atoms with Crippen molar-refractivity contribution in [1.82, 2.24) is 0 Å². The van der Waals surface area contributed by atoms with E-state index in [0.29, 0.717) is 0 Å². The Balaban J connectivity index is 3.35. The minimum Gasteiger partial charge on any atom is -0.502 e. The van der Waals surface area contributed by atoms with Crippen LogP contribution in [0.4, 0.5) is 5.69 Å². The maximum atomic E-state index is 10.4. The summed E-state index contributed by atoms with van der Waals surface area (Å²) in [5.41, 5.74) is -0.614. The molecule has 0 radical (unpaired) electrons. The second-order valence-corrected chi connectivity index (χ2v) is 3.22. The predicted molar refractivity (Wildman–Crippen MR) is 42.7 cm³/mol. The molecule has 1 N–H and O–H groups in total. The van der Waals surface area contributed by atoms with Gasteiger partial charge in [-0.2, -0.15) is 0 Å². The quantitative estimate of drug-likeness (QED) is 0.438. The number of hydrogen-bond acceptors (Lipinski definition) is 5. The minimum absolute atomic E-state index is 0.195. The fraction of sp³-hybridized carbons (Fsp3) is 0. The molecule has 13 heavy (non-hydrogen) atoms. The normalized spacial score (nSPS) is 9.54. The molecule has 0 fully saturated rings. The highest BCUT2D eigenvalue weighted by atomic mass is 31.1.